The van der Waals surface area contributed by atoms with Gasteiger partial charge in [0.05, 0.1) is 38.6 Å². The van der Waals surface area contributed by atoms with Crippen LogP contribution >= 0.6 is 11.3 Å². The van der Waals surface area contributed by atoms with Crippen LogP contribution < -0.4 is 14.8 Å². The molecule has 0 saturated carbocycles. The van der Waals surface area contributed by atoms with Crippen molar-refractivity contribution < 1.29 is 18.7 Å². The Morgan fingerprint density at radius 1 is 1.23 bits per heavy atom. The number of benzene rings is 1. The van der Waals surface area contributed by atoms with Crippen LogP contribution in [0.1, 0.15) is 30.3 Å². The third-order valence-electron chi connectivity index (χ3n) is 5.47. The predicted octanol–water partition coefficient (Wildman–Crippen LogP) is 3.92. The first kappa shape index (κ1) is 21.4. The summed E-state index contributed by atoms with van der Waals surface area (Å²) >= 11 is 1.51. The van der Waals surface area contributed by atoms with Crippen molar-refractivity contribution in [3.05, 3.63) is 53.4 Å². The van der Waals surface area contributed by atoms with Crippen molar-refractivity contribution in [2.75, 3.05) is 33.9 Å². The van der Waals surface area contributed by atoms with Crippen LogP contribution in [-0.2, 0) is 11.2 Å². The average molecular weight is 442 g/mol. The quantitative estimate of drug-likeness (QED) is 0.542. The minimum absolute atomic E-state index is 0.0417. The lowest BCUT2D eigenvalue weighted by Crippen LogP contribution is -2.37. The van der Waals surface area contributed by atoms with Gasteiger partial charge in [0, 0.05) is 17.5 Å². The van der Waals surface area contributed by atoms with E-state index in [4.69, 9.17) is 13.9 Å². The Labute approximate surface area is 186 Å². The van der Waals surface area contributed by atoms with E-state index in [-0.39, 0.29) is 18.4 Å². The Balaban J connectivity index is 1.37. The van der Waals surface area contributed by atoms with E-state index in [9.17, 15) is 4.79 Å². The van der Waals surface area contributed by atoms with Crippen LogP contribution in [0.25, 0.3) is 10.6 Å². The maximum absolute atomic E-state index is 12.6. The van der Waals surface area contributed by atoms with Gasteiger partial charge in [0.25, 0.3) is 0 Å². The number of carbonyl (C=O) groups excluding carboxylic acids is 1. The van der Waals surface area contributed by atoms with E-state index in [1.165, 1.54) is 24.2 Å². The highest BCUT2D eigenvalue weighted by Crippen LogP contribution is 2.33. The Morgan fingerprint density at radius 3 is 2.74 bits per heavy atom. The number of likely N-dealkylation sites (tertiary alicyclic amines) is 1. The molecule has 1 amide bonds. The molecule has 1 saturated heterocycles. The number of hydrogen-bond acceptors (Lipinski definition) is 7. The summed E-state index contributed by atoms with van der Waals surface area (Å²) < 4.78 is 16.3. The van der Waals surface area contributed by atoms with Gasteiger partial charge in [0.1, 0.15) is 10.8 Å². The SMILES string of the molecule is COc1ccc(-c2nc(CC(=O)NCC(c3ccco3)N3CCCC3)cs2)cc1OC. The van der Waals surface area contributed by atoms with Gasteiger partial charge in [0.2, 0.25) is 5.91 Å². The van der Waals surface area contributed by atoms with E-state index in [1.807, 2.05) is 35.7 Å². The highest BCUT2D eigenvalue weighted by molar-refractivity contribution is 7.13. The molecule has 1 unspecified atom stereocenters. The highest BCUT2D eigenvalue weighted by Gasteiger charge is 2.26. The smallest absolute Gasteiger partial charge is 0.226 e. The zero-order chi connectivity index (χ0) is 21.6. The lowest BCUT2D eigenvalue weighted by molar-refractivity contribution is -0.120. The number of nitrogens with one attached hydrogen (secondary N) is 1. The van der Waals surface area contributed by atoms with Gasteiger partial charge in [-0.05, 0) is 56.3 Å². The summed E-state index contributed by atoms with van der Waals surface area (Å²) in [5, 5.41) is 5.83. The van der Waals surface area contributed by atoms with E-state index in [0.717, 1.165) is 35.1 Å². The van der Waals surface area contributed by atoms with Crippen LogP contribution in [0, 0.1) is 0 Å². The Kier molecular flexibility index (Phi) is 6.89. The topological polar surface area (TPSA) is 76.8 Å². The van der Waals surface area contributed by atoms with Crippen LogP contribution in [0.3, 0.4) is 0 Å². The Morgan fingerprint density at radius 2 is 2.03 bits per heavy atom. The first-order valence-corrected chi connectivity index (χ1v) is 11.3. The third-order valence-corrected chi connectivity index (χ3v) is 6.41. The number of hydrogen-bond donors (Lipinski definition) is 1. The average Bonchev–Trinajstić information content (AvgIpc) is 3.56. The van der Waals surface area contributed by atoms with Gasteiger partial charge >= 0.3 is 0 Å². The molecule has 1 atom stereocenters. The van der Waals surface area contributed by atoms with Crippen LogP contribution in [0.5, 0.6) is 11.5 Å². The van der Waals surface area contributed by atoms with Gasteiger partial charge in [-0.15, -0.1) is 11.3 Å². The minimum Gasteiger partial charge on any atom is -0.493 e. The van der Waals surface area contributed by atoms with Crippen LogP contribution in [0.4, 0.5) is 0 Å². The van der Waals surface area contributed by atoms with Gasteiger partial charge in [-0.3, -0.25) is 9.69 Å². The van der Waals surface area contributed by atoms with E-state index in [1.54, 1.807) is 20.5 Å². The number of amides is 1. The zero-order valence-corrected chi connectivity index (χ0v) is 18.6. The molecule has 1 aliphatic rings. The van der Waals surface area contributed by atoms with Gasteiger partial charge in [-0.1, -0.05) is 0 Å². The summed E-state index contributed by atoms with van der Waals surface area (Å²) in [6, 6.07) is 9.63. The summed E-state index contributed by atoms with van der Waals surface area (Å²) in [6.07, 6.45) is 4.30. The number of methoxy groups -OCH3 is 2. The molecule has 1 fully saturated rings. The summed E-state index contributed by atoms with van der Waals surface area (Å²) in [4.78, 5) is 19.6. The normalized spacial score (nSPS) is 15.0. The van der Waals surface area contributed by atoms with Crippen molar-refractivity contribution in [3.63, 3.8) is 0 Å². The second-order valence-electron chi connectivity index (χ2n) is 7.47. The van der Waals surface area contributed by atoms with Crippen LogP contribution in [0.2, 0.25) is 0 Å². The van der Waals surface area contributed by atoms with Gasteiger partial charge in [0.15, 0.2) is 11.5 Å². The maximum Gasteiger partial charge on any atom is 0.226 e. The second-order valence-corrected chi connectivity index (χ2v) is 8.33. The van der Waals surface area contributed by atoms with Crippen molar-refractivity contribution in [2.24, 2.45) is 0 Å². The molecule has 8 heteroatoms. The second kappa shape index (κ2) is 9.98. The fourth-order valence-corrected chi connectivity index (χ4v) is 4.69. The van der Waals surface area contributed by atoms with E-state index in [0.29, 0.717) is 18.0 Å². The lowest BCUT2D eigenvalue weighted by Gasteiger charge is -2.25. The number of carbonyl (C=O) groups is 1. The molecule has 164 valence electrons. The minimum atomic E-state index is -0.0417. The third kappa shape index (κ3) is 5.08. The van der Waals surface area contributed by atoms with Crippen molar-refractivity contribution >= 4 is 17.2 Å². The first-order valence-electron chi connectivity index (χ1n) is 10.4. The Bertz CT molecular complexity index is 996. The fourth-order valence-electron chi connectivity index (χ4n) is 3.87. The standard InChI is InChI=1S/C23H27N3O4S/c1-28-20-8-7-16(12-21(20)29-2)23-25-17(15-31-23)13-22(27)24-14-18(19-6-5-11-30-19)26-9-3-4-10-26/h5-8,11-12,15,18H,3-4,9-10,13-14H2,1-2H3,(H,24,27). The van der Waals surface area contributed by atoms with Gasteiger partial charge in [-0.2, -0.15) is 0 Å². The maximum atomic E-state index is 12.6. The molecule has 1 N–H and O–H groups in total. The van der Waals surface area contributed by atoms with E-state index < -0.39 is 0 Å². The van der Waals surface area contributed by atoms with Gasteiger partial charge < -0.3 is 19.2 Å². The molecule has 0 radical (unpaired) electrons. The number of rotatable bonds is 9. The summed E-state index contributed by atoms with van der Waals surface area (Å²) in [5.41, 5.74) is 1.68. The number of nitrogens with zero attached hydrogens (tertiary/aromatic N) is 2. The molecule has 0 aliphatic carbocycles. The molecule has 2 aromatic heterocycles. The molecule has 0 spiro atoms. The van der Waals surface area contributed by atoms with Crippen LogP contribution in [0.15, 0.2) is 46.4 Å². The molecule has 1 aliphatic heterocycles. The molecule has 7 nitrogen and oxygen atoms in total. The number of thiazole rings is 1. The molecule has 1 aromatic carbocycles. The molecule has 31 heavy (non-hydrogen) atoms. The first-order chi connectivity index (χ1) is 15.2. The highest BCUT2D eigenvalue weighted by atomic mass is 32.1. The molecule has 0 bridgehead atoms. The van der Waals surface area contributed by atoms with E-state index >= 15 is 0 Å². The summed E-state index contributed by atoms with van der Waals surface area (Å²) in [6.45, 7) is 2.59. The number of furan rings is 1. The predicted molar refractivity (Wildman–Crippen MR) is 120 cm³/mol. The van der Waals surface area contributed by atoms with Crippen molar-refractivity contribution in [2.45, 2.75) is 25.3 Å². The van der Waals surface area contributed by atoms with Crippen molar-refractivity contribution in [1.82, 2.24) is 15.2 Å². The summed E-state index contributed by atoms with van der Waals surface area (Å²) in [5.74, 6) is 2.18. The molecular formula is C23H27N3O4S. The molecule has 3 aromatic rings. The van der Waals surface area contributed by atoms with Gasteiger partial charge in [-0.25, -0.2) is 4.98 Å². The number of ether oxygens (including phenoxy) is 2. The number of aromatic nitrogens is 1. The summed E-state index contributed by atoms with van der Waals surface area (Å²) in [7, 11) is 3.22. The Hall–Kier alpha value is -2.84. The van der Waals surface area contributed by atoms with Crippen molar-refractivity contribution in [3.8, 4) is 22.1 Å². The van der Waals surface area contributed by atoms with Crippen molar-refractivity contribution in [1.29, 1.82) is 0 Å². The monoisotopic (exact) mass is 441 g/mol. The lowest BCUT2D eigenvalue weighted by atomic mass is 10.2. The van der Waals surface area contributed by atoms with E-state index in [2.05, 4.69) is 15.2 Å². The van der Waals surface area contributed by atoms with Crippen LogP contribution in [-0.4, -0.2) is 49.6 Å². The molecule has 3 heterocycles. The molecule has 4 rings (SSSR count). The zero-order valence-electron chi connectivity index (χ0n) is 17.8. The molecular weight excluding hydrogens is 414 g/mol. The fraction of sp³-hybridized carbons (Fsp3) is 0.391. The largest absolute Gasteiger partial charge is 0.493 e.